The fourth-order valence-corrected chi connectivity index (χ4v) is 12.3. The molecule has 2 heterocycles. The smallest absolute Gasteiger partial charge is 0.303 e. The molecule has 248 valence electrons. The molecule has 2 aliphatic heterocycles. The molecule has 0 aromatic rings. The fraction of sp³-hybridized carbons (Fsp3) is 0.943. The van der Waals surface area contributed by atoms with E-state index in [0.717, 1.165) is 21.3 Å². The van der Waals surface area contributed by atoms with E-state index in [0.29, 0.717) is 35.3 Å². The third kappa shape index (κ3) is 6.15. The van der Waals surface area contributed by atoms with Gasteiger partial charge in [-0.15, -0.1) is 0 Å². The number of nitrogens with zero attached hydrogens (tertiary/aromatic N) is 2. The molecule has 2 unspecified atom stereocenters. The van der Waals surface area contributed by atoms with E-state index in [1.807, 2.05) is 0 Å². The summed E-state index contributed by atoms with van der Waals surface area (Å²) in [7, 11) is 4.94. The maximum Gasteiger partial charge on any atom is 0.303 e. The van der Waals surface area contributed by atoms with Gasteiger partial charge in [0.25, 0.3) is 0 Å². The molecule has 8 heteroatoms. The molecule has 6 rings (SSSR count). The second-order valence-corrected chi connectivity index (χ2v) is 16.7. The van der Waals surface area contributed by atoms with Crippen LogP contribution in [0.1, 0.15) is 111 Å². The Labute approximate surface area is 283 Å². The van der Waals surface area contributed by atoms with Crippen molar-refractivity contribution >= 4 is 11.9 Å². The Balaban J connectivity index is 0.00000212. The molecule has 0 aromatic heterocycles. The van der Waals surface area contributed by atoms with Crippen molar-refractivity contribution in [2.45, 2.75) is 135 Å². The first-order chi connectivity index (χ1) is 19.4. The van der Waals surface area contributed by atoms with Gasteiger partial charge in [-0.1, -0.05) is 13.8 Å². The van der Waals surface area contributed by atoms with Crippen LogP contribution in [-0.2, 0) is 19.1 Å². The summed E-state index contributed by atoms with van der Waals surface area (Å²) < 4.78 is 14.7. The zero-order chi connectivity index (χ0) is 29.2. The molecule has 0 spiro atoms. The van der Waals surface area contributed by atoms with E-state index in [1.165, 1.54) is 103 Å². The lowest BCUT2D eigenvalue weighted by molar-refractivity contribution is -0.943. The molecule has 6 aliphatic rings. The fourth-order valence-electron chi connectivity index (χ4n) is 12.3. The number of halogens is 2. The Bertz CT molecular complexity index is 1010. The maximum atomic E-state index is 12.5. The van der Waals surface area contributed by atoms with Crippen molar-refractivity contribution in [3.05, 3.63) is 0 Å². The molecule has 0 N–H and O–H groups in total. The Morgan fingerprint density at radius 1 is 0.674 bits per heavy atom. The third-order valence-electron chi connectivity index (χ3n) is 14.5. The Hall–Kier alpha value is -0.180. The van der Waals surface area contributed by atoms with Crippen LogP contribution < -0.4 is 34.0 Å². The third-order valence-corrected chi connectivity index (χ3v) is 14.5. The minimum atomic E-state index is -0.0998. The molecule has 0 amide bonds. The van der Waals surface area contributed by atoms with Crippen LogP contribution in [0.15, 0.2) is 0 Å². The average Bonchev–Trinajstić information content (AvgIpc) is 3.21. The highest BCUT2D eigenvalue weighted by Gasteiger charge is 2.68. The first-order valence-corrected chi connectivity index (χ1v) is 17.4. The number of likely N-dealkylation sites (N-methyl/N-ethyl adjacent to an activating group) is 2. The van der Waals surface area contributed by atoms with Crippen LogP contribution in [0, 0.1) is 34.5 Å². The van der Waals surface area contributed by atoms with Crippen LogP contribution in [0.4, 0.5) is 0 Å². The van der Waals surface area contributed by atoms with Gasteiger partial charge in [-0.05, 0) is 99.7 Å². The van der Waals surface area contributed by atoms with Crippen LogP contribution in [0.5, 0.6) is 0 Å². The number of carbonyl (C=O) groups is 2. The summed E-state index contributed by atoms with van der Waals surface area (Å²) in [5.74, 6) is 2.52. The molecular weight excluding hydrogens is 672 g/mol. The molecular formula is C35H60Br2N2O4. The molecule has 4 saturated carbocycles. The highest BCUT2D eigenvalue weighted by Crippen LogP contribution is 2.68. The summed E-state index contributed by atoms with van der Waals surface area (Å²) in [5, 5.41) is 0. The summed E-state index contributed by atoms with van der Waals surface area (Å²) in [5.41, 5.74) is 0.377. The Morgan fingerprint density at radius 3 is 1.79 bits per heavy atom. The SMILES string of the molecule is CC(=O)O[C@H]1C[C@@H]2CC[C@@H]3[C@H](CC[C@]4(C)[C@H](OC(C)=O)C([N+]5(C)CCCCC5)C[C@@H]34)[C@@]2(C)CC1[N+]1(C)CCCCC1.[Br-].[Br-]. The van der Waals surface area contributed by atoms with Gasteiger partial charge in [-0.3, -0.25) is 9.59 Å². The predicted molar refractivity (Wildman–Crippen MR) is 161 cm³/mol. The Morgan fingerprint density at radius 2 is 1.23 bits per heavy atom. The molecule has 2 saturated heterocycles. The minimum Gasteiger partial charge on any atom is -1.00 e. The van der Waals surface area contributed by atoms with Crippen molar-refractivity contribution in [1.82, 2.24) is 0 Å². The van der Waals surface area contributed by atoms with Crippen molar-refractivity contribution in [2.75, 3.05) is 40.3 Å². The van der Waals surface area contributed by atoms with Crippen LogP contribution in [0.2, 0.25) is 0 Å². The molecule has 6 fully saturated rings. The second kappa shape index (κ2) is 13.1. The number of carbonyl (C=O) groups excluding carboxylic acids is 2. The molecule has 4 aliphatic carbocycles. The van der Waals surface area contributed by atoms with E-state index in [1.54, 1.807) is 13.8 Å². The van der Waals surface area contributed by atoms with Crippen molar-refractivity contribution in [2.24, 2.45) is 34.5 Å². The zero-order valence-corrected chi connectivity index (χ0v) is 31.1. The van der Waals surface area contributed by atoms with Crippen LogP contribution in [-0.4, -0.2) is 85.5 Å². The quantitative estimate of drug-likeness (QED) is 0.305. The van der Waals surface area contributed by atoms with E-state index >= 15 is 0 Å². The highest BCUT2D eigenvalue weighted by molar-refractivity contribution is 5.66. The second-order valence-electron chi connectivity index (χ2n) is 16.7. The zero-order valence-electron chi connectivity index (χ0n) is 27.9. The molecule has 0 aromatic carbocycles. The van der Waals surface area contributed by atoms with Crippen molar-refractivity contribution < 1.29 is 62.0 Å². The van der Waals surface area contributed by atoms with Crippen LogP contribution >= 0.6 is 0 Å². The van der Waals surface area contributed by atoms with Crippen molar-refractivity contribution in [3.63, 3.8) is 0 Å². The summed E-state index contributed by atoms with van der Waals surface area (Å²) in [4.78, 5) is 24.8. The van der Waals surface area contributed by atoms with Crippen molar-refractivity contribution in [1.29, 1.82) is 0 Å². The number of ether oxygens (including phenoxy) is 2. The number of esters is 2. The summed E-state index contributed by atoms with van der Waals surface area (Å²) >= 11 is 0. The topological polar surface area (TPSA) is 52.6 Å². The van der Waals surface area contributed by atoms with Gasteiger partial charge in [0.05, 0.1) is 40.3 Å². The van der Waals surface area contributed by atoms with E-state index in [2.05, 4.69) is 27.9 Å². The highest BCUT2D eigenvalue weighted by atomic mass is 79.9. The van der Waals surface area contributed by atoms with Gasteiger partial charge in [0.1, 0.15) is 12.1 Å². The largest absolute Gasteiger partial charge is 1.00 e. The number of quaternary nitrogens is 2. The van der Waals surface area contributed by atoms with Gasteiger partial charge in [0, 0.05) is 32.1 Å². The summed E-state index contributed by atoms with van der Waals surface area (Å²) in [6, 6.07) is 0.846. The van der Waals surface area contributed by atoms with Gasteiger partial charge in [0.2, 0.25) is 0 Å². The first kappa shape index (κ1) is 35.7. The van der Waals surface area contributed by atoms with Gasteiger partial charge in [-0.25, -0.2) is 0 Å². The lowest BCUT2D eigenvalue weighted by atomic mass is 9.44. The van der Waals surface area contributed by atoms with Gasteiger partial charge in [-0.2, -0.15) is 0 Å². The van der Waals surface area contributed by atoms with Crippen molar-refractivity contribution in [3.8, 4) is 0 Å². The number of fused-ring (bicyclic) bond motifs is 5. The van der Waals surface area contributed by atoms with E-state index in [4.69, 9.17) is 9.47 Å². The lowest BCUT2D eigenvalue weighted by Crippen LogP contribution is -3.00. The predicted octanol–water partition coefficient (Wildman–Crippen LogP) is 0.119. The molecule has 10 atom stereocenters. The first-order valence-electron chi connectivity index (χ1n) is 17.4. The molecule has 43 heavy (non-hydrogen) atoms. The number of hydrogen-bond donors (Lipinski definition) is 0. The average molecular weight is 733 g/mol. The molecule has 6 nitrogen and oxygen atoms in total. The van der Waals surface area contributed by atoms with Gasteiger partial charge < -0.3 is 52.4 Å². The van der Waals surface area contributed by atoms with Gasteiger partial charge in [0.15, 0.2) is 12.2 Å². The summed E-state index contributed by atoms with van der Waals surface area (Å²) in [6.45, 7) is 13.3. The minimum absolute atomic E-state index is 0. The normalized spacial score (nSPS) is 44.7. The summed E-state index contributed by atoms with van der Waals surface area (Å²) in [6.07, 6.45) is 16.4. The molecule has 0 bridgehead atoms. The van der Waals surface area contributed by atoms with E-state index in [9.17, 15) is 9.59 Å². The maximum absolute atomic E-state index is 12.5. The Kier molecular flexibility index (Phi) is 10.9. The van der Waals surface area contributed by atoms with E-state index < -0.39 is 0 Å². The number of piperidine rings is 2. The number of likely N-dealkylation sites (tertiary alicyclic amines) is 2. The van der Waals surface area contributed by atoms with Crippen LogP contribution in [0.3, 0.4) is 0 Å². The number of rotatable bonds is 4. The monoisotopic (exact) mass is 730 g/mol. The standard InChI is InChI=1S/C35H60N2O4.2BrH/c1-24(38)40-32-21-26-13-14-27-28(35(26,4)23-31(32)37(6)19-11-8-12-20-37)15-16-34(3)29(27)22-30(33(34)41-25(2)39)36(5)17-9-7-10-18-36;;/h26-33H,7-23H2,1-6H3;2*1H/q+2;;/p-2/t26-,27+,28-,29-,30?,31?,32-,33+,34-,35-;;/m0../s1. The van der Waals surface area contributed by atoms with E-state index in [-0.39, 0.29) is 63.5 Å². The van der Waals surface area contributed by atoms with Gasteiger partial charge >= 0.3 is 11.9 Å². The molecule has 0 radical (unpaired) electrons. The van der Waals surface area contributed by atoms with Crippen LogP contribution in [0.25, 0.3) is 0 Å². The number of hydrogen-bond acceptors (Lipinski definition) is 4. The lowest BCUT2D eigenvalue weighted by Gasteiger charge is -2.63.